The van der Waals surface area contributed by atoms with Crippen molar-refractivity contribution in [2.75, 3.05) is 6.61 Å². The number of aliphatic hydroxyl groups is 1. The van der Waals surface area contributed by atoms with Gasteiger partial charge < -0.3 is 10.4 Å². The molecule has 1 aromatic heterocycles. The minimum atomic E-state index is -4.80. The zero-order valence-corrected chi connectivity index (χ0v) is 12.7. The molecule has 1 aromatic carbocycles. The fourth-order valence-electron chi connectivity index (χ4n) is 1.94. The highest BCUT2D eigenvalue weighted by molar-refractivity contribution is 6.30. The van der Waals surface area contributed by atoms with Gasteiger partial charge in [-0.1, -0.05) is 17.7 Å². The highest BCUT2D eigenvalue weighted by atomic mass is 35.5. The van der Waals surface area contributed by atoms with E-state index in [1.807, 2.05) is 0 Å². The van der Waals surface area contributed by atoms with Gasteiger partial charge >= 0.3 is 6.18 Å². The average Bonchev–Trinajstić information content (AvgIpc) is 2.92. The van der Waals surface area contributed by atoms with E-state index in [1.165, 1.54) is 31.2 Å². The van der Waals surface area contributed by atoms with Gasteiger partial charge in [-0.15, -0.1) is 0 Å². The Bertz CT molecular complexity index is 716. The topological polar surface area (TPSA) is 67.2 Å². The molecule has 9 heteroatoms. The lowest BCUT2D eigenvalue weighted by atomic mass is 10.2. The van der Waals surface area contributed by atoms with Crippen LogP contribution in [0.1, 0.15) is 23.0 Å². The van der Waals surface area contributed by atoms with Crippen molar-refractivity contribution in [3.8, 4) is 5.69 Å². The minimum absolute atomic E-state index is 0.0825. The van der Waals surface area contributed by atoms with Crippen molar-refractivity contribution < 1.29 is 23.1 Å². The lowest BCUT2D eigenvalue weighted by Gasteiger charge is -2.14. The summed E-state index contributed by atoms with van der Waals surface area (Å²) in [6.45, 7) is 1.07. The summed E-state index contributed by atoms with van der Waals surface area (Å²) in [4.78, 5) is 12.0. The van der Waals surface area contributed by atoms with Gasteiger partial charge in [0.25, 0.3) is 5.91 Å². The average molecular weight is 348 g/mol. The van der Waals surface area contributed by atoms with Crippen LogP contribution in [0.2, 0.25) is 5.02 Å². The summed E-state index contributed by atoms with van der Waals surface area (Å²) in [6, 6.07) is 5.01. The standard InChI is InChI=1S/C14H13ClF3N3O2/c1-8(7-22)20-13(23)11-6-19-21(12(11)14(16,17)18)10-4-2-3-9(15)5-10/h2-6,8,22H,7H2,1H3,(H,20,23). The second-order valence-corrected chi connectivity index (χ2v) is 5.29. The van der Waals surface area contributed by atoms with E-state index in [-0.39, 0.29) is 10.7 Å². The number of rotatable bonds is 4. The fourth-order valence-corrected chi connectivity index (χ4v) is 2.12. The Morgan fingerprint density at radius 2 is 2.17 bits per heavy atom. The quantitative estimate of drug-likeness (QED) is 0.893. The van der Waals surface area contributed by atoms with Crippen LogP contribution in [0.3, 0.4) is 0 Å². The van der Waals surface area contributed by atoms with Gasteiger partial charge in [0.2, 0.25) is 0 Å². The lowest BCUT2D eigenvalue weighted by molar-refractivity contribution is -0.143. The molecule has 0 aliphatic rings. The predicted octanol–water partition coefficient (Wildman–Crippen LogP) is 2.66. The van der Waals surface area contributed by atoms with Crippen molar-refractivity contribution in [1.82, 2.24) is 15.1 Å². The summed E-state index contributed by atoms with van der Waals surface area (Å²) in [5.74, 6) is -0.966. The van der Waals surface area contributed by atoms with Crippen LogP contribution >= 0.6 is 11.6 Å². The first-order valence-electron chi connectivity index (χ1n) is 6.57. The molecule has 0 saturated carbocycles. The van der Waals surface area contributed by atoms with E-state index in [9.17, 15) is 18.0 Å². The van der Waals surface area contributed by atoms with E-state index >= 15 is 0 Å². The van der Waals surface area contributed by atoms with E-state index in [0.717, 1.165) is 6.20 Å². The number of benzene rings is 1. The van der Waals surface area contributed by atoms with Crippen LogP contribution in [0, 0.1) is 0 Å². The monoisotopic (exact) mass is 347 g/mol. The molecule has 23 heavy (non-hydrogen) atoms. The van der Waals surface area contributed by atoms with Gasteiger partial charge in [-0.05, 0) is 25.1 Å². The molecular formula is C14H13ClF3N3O2. The van der Waals surface area contributed by atoms with Crippen LogP contribution in [-0.4, -0.2) is 33.4 Å². The summed E-state index contributed by atoms with van der Waals surface area (Å²) in [7, 11) is 0. The molecule has 0 bridgehead atoms. The molecule has 5 nitrogen and oxygen atoms in total. The number of amides is 1. The number of hydrogen-bond acceptors (Lipinski definition) is 3. The van der Waals surface area contributed by atoms with E-state index in [2.05, 4.69) is 10.4 Å². The molecule has 1 atom stereocenters. The molecule has 124 valence electrons. The number of aromatic nitrogens is 2. The molecule has 2 aromatic rings. The van der Waals surface area contributed by atoms with Crippen LogP contribution in [0.25, 0.3) is 5.69 Å². The third-order valence-corrected chi connectivity index (χ3v) is 3.22. The Morgan fingerprint density at radius 1 is 1.48 bits per heavy atom. The Kier molecular flexibility index (Phi) is 4.96. The van der Waals surface area contributed by atoms with Crippen molar-refractivity contribution in [3.63, 3.8) is 0 Å². The van der Waals surface area contributed by atoms with Crippen LogP contribution in [0.5, 0.6) is 0 Å². The summed E-state index contributed by atoms with van der Waals surface area (Å²) in [6.07, 6.45) is -3.96. The number of nitrogens with one attached hydrogen (secondary N) is 1. The van der Waals surface area contributed by atoms with E-state index in [4.69, 9.17) is 16.7 Å². The fraction of sp³-hybridized carbons (Fsp3) is 0.286. The summed E-state index contributed by atoms with van der Waals surface area (Å²) >= 11 is 5.79. The largest absolute Gasteiger partial charge is 0.434 e. The Morgan fingerprint density at radius 3 is 2.74 bits per heavy atom. The van der Waals surface area contributed by atoms with Gasteiger partial charge in [-0.3, -0.25) is 4.79 Å². The first kappa shape index (κ1) is 17.3. The predicted molar refractivity (Wildman–Crippen MR) is 77.6 cm³/mol. The van der Waals surface area contributed by atoms with Crippen LogP contribution < -0.4 is 5.32 Å². The first-order valence-corrected chi connectivity index (χ1v) is 6.94. The number of aliphatic hydroxyl groups excluding tert-OH is 1. The van der Waals surface area contributed by atoms with Crippen molar-refractivity contribution >= 4 is 17.5 Å². The van der Waals surface area contributed by atoms with Crippen molar-refractivity contribution in [1.29, 1.82) is 0 Å². The normalized spacial score (nSPS) is 13.0. The Hall–Kier alpha value is -2.06. The molecule has 0 fully saturated rings. The number of alkyl halides is 3. The third-order valence-electron chi connectivity index (χ3n) is 2.99. The minimum Gasteiger partial charge on any atom is -0.394 e. The van der Waals surface area contributed by atoms with E-state index in [0.29, 0.717) is 4.68 Å². The second-order valence-electron chi connectivity index (χ2n) is 4.85. The zero-order valence-electron chi connectivity index (χ0n) is 11.9. The maximum absolute atomic E-state index is 13.4. The highest BCUT2D eigenvalue weighted by Crippen LogP contribution is 2.34. The second kappa shape index (κ2) is 6.59. The molecule has 2 N–H and O–H groups in total. The van der Waals surface area contributed by atoms with Crippen molar-refractivity contribution in [2.24, 2.45) is 0 Å². The van der Waals surface area contributed by atoms with Gasteiger partial charge in [0.05, 0.1) is 24.1 Å². The van der Waals surface area contributed by atoms with Crippen LogP contribution in [0.4, 0.5) is 13.2 Å². The molecular weight excluding hydrogens is 335 g/mol. The number of carbonyl (C=O) groups is 1. The van der Waals surface area contributed by atoms with Gasteiger partial charge in [-0.2, -0.15) is 18.3 Å². The molecule has 0 aliphatic heterocycles. The molecule has 0 radical (unpaired) electrons. The Labute approximate surface area is 134 Å². The number of halogens is 4. The molecule has 0 saturated heterocycles. The summed E-state index contributed by atoms with van der Waals surface area (Å²) < 4.78 is 40.8. The number of hydrogen-bond donors (Lipinski definition) is 2. The highest BCUT2D eigenvalue weighted by Gasteiger charge is 2.40. The zero-order chi connectivity index (χ0) is 17.2. The van der Waals surface area contributed by atoms with Crippen LogP contribution in [-0.2, 0) is 6.18 Å². The molecule has 0 spiro atoms. The van der Waals surface area contributed by atoms with Gasteiger partial charge in [-0.25, -0.2) is 4.68 Å². The molecule has 2 rings (SSSR count). The first-order chi connectivity index (χ1) is 10.7. The Balaban J connectivity index is 2.52. The van der Waals surface area contributed by atoms with Crippen molar-refractivity contribution in [2.45, 2.75) is 19.1 Å². The molecule has 0 aliphatic carbocycles. The van der Waals surface area contributed by atoms with Gasteiger partial charge in [0.15, 0.2) is 5.69 Å². The SMILES string of the molecule is CC(CO)NC(=O)c1cnn(-c2cccc(Cl)c2)c1C(F)(F)F. The summed E-state index contributed by atoms with van der Waals surface area (Å²) in [5, 5.41) is 15.1. The molecule has 1 heterocycles. The smallest absolute Gasteiger partial charge is 0.394 e. The van der Waals surface area contributed by atoms with Crippen molar-refractivity contribution in [3.05, 3.63) is 46.7 Å². The summed E-state index contributed by atoms with van der Waals surface area (Å²) in [5.41, 5.74) is -1.75. The number of carbonyl (C=O) groups excluding carboxylic acids is 1. The van der Waals surface area contributed by atoms with Gasteiger partial charge in [0.1, 0.15) is 0 Å². The third kappa shape index (κ3) is 3.83. The number of nitrogens with zero attached hydrogens (tertiary/aromatic N) is 2. The maximum Gasteiger partial charge on any atom is 0.434 e. The van der Waals surface area contributed by atoms with Gasteiger partial charge in [0, 0.05) is 11.1 Å². The van der Waals surface area contributed by atoms with Crippen LogP contribution in [0.15, 0.2) is 30.5 Å². The lowest BCUT2D eigenvalue weighted by Crippen LogP contribution is -2.36. The molecule has 1 amide bonds. The molecule has 1 unspecified atom stereocenters. The van der Waals surface area contributed by atoms with E-state index < -0.39 is 36.0 Å². The maximum atomic E-state index is 13.4. The van der Waals surface area contributed by atoms with E-state index in [1.54, 1.807) is 0 Å².